The van der Waals surface area contributed by atoms with E-state index in [2.05, 4.69) is 20.3 Å². The average Bonchev–Trinajstić information content (AvgIpc) is 2.37. The van der Waals surface area contributed by atoms with Gasteiger partial charge in [0.25, 0.3) is 0 Å². The van der Waals surface area contributed by atoms with Gasteiger partial charge in [-0.3, -0.25) is 19.3 Å². The maximum absolute atomic E-state index is 11.1. The zero-order valence-electron chi connectivity index (χ0n) is 11.0. The molecule has 0 rings (SSSR count). The minimum atomic E-state index is -1.14. The van der Waals surface area contributed by atoms with E-state index >= 15 is 0 Å². The summed E-state index contributed by atoms with van der Waals surface area (Å²) in [4.78, 5) is 41.3. The molecule has 116 valence electrons. The van der Waals surface area contributed by atoms with Crippen LogP contribution in [-0.4, -0.2) is 48.7 Å². The first-order valence-corrected chi connectivity index (χ1v) is 5.93. The predicted octanol–water partition coefficient (Wildman–Crippen LogP) is -2.38. The number of rotatable bonds is 11. The molecule has 0 aromatic carbocycles. The molecule has 0 aromatic heterocycles. The zero-order valence-corrected chi connectivity index (χ0v) is 11.0. The second kappa shape index (κ2) is 11.1. The molecule has 10 heteroatoms. The van der Waals surface area contributed by atoms with Crippen molar-refractivity contribution in [1.29, 1.82) is 0 Å². The van der Waals surface area contributed by atoms with Gasteiger partial charge in [0.15, 0.2) is 0 Å². The van der Waals surface area contributed by atoms with Crippen LogP contribution >= 0.6 is 0 Å². The van der Waals surface area contributed by atoms with Gasteiger partial charge >= 0.3 is 5.97 Å². The normalized spacial score (nSPS) is 11.7. The number of nitrogens with two attached hydrogens (primary N) is 2. The molecule has 0 aliphatic heterocycles. The number of amides is 2. The van der Waals surface area contributed by atoms with Crippen LogP contribution in [0.3, 0.4) is 0 Å². The van der Waals surface area contributed by atoms with Gasteiger partial charge in [-0.2, -0.15) is 0 Å². The van der Waals surface area contributed by atoms with Gasteiger partial charge in [0.1, 0.15) is 19.3 Å². The fraction of sp³-hybridized carbons (Fsp3) is 0.700. The SMILES string of the molecule is NOCC(=O)NCCCC[C@H](NC(=O)CON)C(=O)O. The van der Waals surface area contributed by atoms with E-state index in [0.29, 0.717) is 19.4 Å². The van der Waals surface area contributed by atoms with Crippen molar-refractivity contribution in [2.45, 2.75) is 25.3 Å². The molecule has 2 amide bonds. The Morgan fingerprint density at radius 3 is 2.20 bits per heavy atom. The molecule has 0 spiro atoms. The van der Waals surface area contributed by atoms with Gasteiger partial charge in [-0.1, -0.05) is 0 Å². The number of hydrogen-bond acceptors (Lipinski definition) is 7. The van der Waals surface area contributed by atoms with Crippen LogP contribution in [0.5, 0.6) is 0 Å². The van der Waals surface area contributed by atoms with Crippen LogP contribution in [0, 0.1) is 0 Å². The van der Waals surface area contributed by atoms with Gasteiger partial charge in [-0.15, -0.1) is 0 Å². The summed E-state index contributed by atoms with van der Waals surface area (Å²) in [6.45, 7) is -0.264. The van der Waals surface area contributed by atoms with E-state index in [0.717, 1.165) is 0 Å². The highest BCUT2D eigenvalue weighted by Crippen LogP contribution is 2.01. The molecule has 0 aliphatic carbocycles. The highest BCUT2D eigenvalue weighted by molar-refractivity contribution is 5.84. The first-order chi connectivity index (χ1) is 9.51. The maximum atomic E-state index is 11.1. The van der Waals surface area contributed by atoms with Crippen molar-refractivity contribution in [2.24, 2.45) is 11.8 Å². The second-order valence-corrected chi connectivity index (χ2v) is 3.93. The van der Waals surface area contributed by atoms with Gasteiger partial charge in [0.2, 0.25) is 11.8 Å². The summed E-state index contributed by atoms with van der Waals surface area (Å²) in [5.41, 5.74) is 0. The van der Waals surface area contributed by atoms with Crippen molar-refractivity contribution >= 4 is 17.8 Å². The molecular formula is C10H20N4O6. The lowest BCUT2D eigenvalue weighted by atomic mass is 10.1. The summed E-state index contributed by atoms with van der Waals surface area (Å²) in [5, 5.41) is 13.7. The summed E-state index contributed by atoms with van der Waals surface area (Å²) < 4.78 is 0. The lowest BCUT2D eigenvalue weighted by Gasteiger charge is -2.14. The van der Waals surface area contributed by atoms with Crippen LogP contribution < -0.4 is 22.4 Å². The Labute approximate surface area is 115 Å². The van der Waals surface area contributed by atoms with Crippen LogP contribution in [-0.2, 0) is 24.1 Å². The molecule has 7 N–H and O–H groups in total. The van der Waals surface area contributed by atoms with E-state index in [-0.39, 0.29) is 18.9 Å². The second-order valence-electron chi connectivity index (χ2n) is 3.93. The molecule has 0 radical (unpaired) electrons. The number of hydrogen-bond donors (Lipinski definition) is 5. The third-order valence-corrected chi connectivity index (χ3v) is 2.30. The predicted molar refractivity (Wildman–Crippen MR) is 66.7 cm³/mol. The van der Waals surface area contributed by atoms with E-state index in [1.807, 2.05) is 0 Å². The number of carboxylic acid groups (broad SMARTS) is 1. The zero-order chi connectivity index (χ0) is 15.4. The standard InChI is InChI=1S/C10H20N4O6/c11-19-5-8(15)13-4-2-1-3-7(10(17)18)14-9(16)6-20-12/h7H,1-6,11-12H2,(H,13,15)(H,14,16)(H,17,18)/t7-/m0/s1. The van der Waals surface area contributed by atoms with E-state index in [9.17, 15) is 14.4 Å². The quantitative estimate of drug-likeness (QED) is 0.208. The Morgan fingerprint density at radius 1 is 1.05 bits per heavy atom. The summed E-state index contributed by atoms with van der Waals surface area (Å²) in [5.74, 6) is 7.33. The number of nitrogens with one attached hydrogen (secondary N) is 2. The maximum Gasteiger partial charge on any atom is 0.326 e. The largest absolute Gasteiger partial charge is 0.480 e. The first-order valence-electron chi connectivity index (χ1n) is 5.93. The summed E-state index contributed by atoms with van der Waals surface area (Å²) in [6.07, 6.45) is 1.29. The molecule has 0 fully saturated rings. The molecule has 0 saturated heterocycles. The van der Waals surface area contributed by atoms with Crippen molar-refractivity contribution in [2.75, 3.05) is 19.8 Å². The van der Waals surface area contributed by atoms with E-state index < -0.39 is 24.5 Å². The molecule has 0 aliphatic rings. The molecule has 0 aromatic rings. The monoisotopic (exact) mass is 292 g/mol. The fourth-order valence-corrected chi connectivity index (χ4v) is 1.40. The first kappa shape index (κ1) is 18.2. The van der Waals surface area contributed by atoms with Crippen LogP contribution in [0.25, 0.3) is 0 Å². The Hall–Kier alpha value is -1.75. The smallest absolute Gasteiger partial charge is 0.326 e. The topological polar surface area (TPSA) is 166 Å². The Balaban J connectivity index is 3.84. The minimum Gasteiger partial charge on any atom is -0.480 e. The molecule has 1 atom stereocenters. The van der Waals surface area contributed by atoms with Crippen molar-refractivity contribution in [1.82, 2.24) is 10.6 Å². The van der Waals surface area contributed by atoms with Gasteiger partial charge in [0.05, 0.1) is 0 Å². The Bertz CT molecular complexity index is 325. The number of aliphatic carboxylic acids is 1. The summed E-state index contributed by atoms with van der Waals surface area (Å²) in [6, 6.07) is -1.01. The van der Waals surface area contributed by atoms with Gasteiger partial charge in [-0.05, 0) is 19.3 Å². The number of carbonyl (C=O) groups excluding carboxylic acids is 2. The average molecular weight is 292 g/mol. The van der Waals surface area contributed by atoms with Crippen LogP contribution in [0.15, 0.2) is 0 Å². The van der Waals surface area contributed by atoms with Gasteiger partial charge in [-0.25, -0.2) is 16.6 Å². The van der Waals surface area contributed by atoms with Crippen LogP contribution in [0.1, 0.15) is 19.3 Å². The summed E-state index contributed by atoms with van der Waals surface area (Å²) >= 11 is 0. The Kier molecular flexibility index (Phi) is 10.1. The molecule has 0 heterocycles. The summed E-state index contributed by atoms with van der Waals surface area (Å²) in [7, 11) is 0. The van der Waals surface area contributed by atoms with Crippen molar-refractivity contribution in [3.8, 4) is 0 Å². The Morgan fingerprint density at radius 2 is 1.65 bits per heavy atom. The van der Waals surface area contributed by atoms with E-state index in [1.54, 1.807) is 0 Å². The minimum absolute atomic E-state index is 0.229. The number of carbonyl (C=O) groups is 3. The van der Waals surface area contributed by atoms with Crippen molar-refractivity contribution in [3.63, 3.8) is 0 Å². The molecule has 0 saturated carbocycles. The van der Waals surface area contributed by atoms with Crippen molar-refractivity contribution in [3.05, 3.63) is 0 Å². The van der Waals surface area contributed by atoms with E-state index in [1.165, 1.54) is 0 Å². The lowest BCUT2D eigenvalue weighted by molar-refractivity contribution is -0.142. The number of carboxylic acids is 1. The molecule has 20 heavy (non-hydrogen) atoms. The lowest BCUT2D eigenvalue weighted by Crippen LogP contribution is -2.42. The third kappa shape index (κ3) is 9.22. The van der Waals surface area contributed by atoms with Crippen LogP contribution in [0.2, 0.25) is 0 Å². The van der Waals surface area contributed by atoms with E-state index in [4.69, 9.17) is 16.9 Å². The molecule has 0 bridgehead atoms. The highest BCUT2D eigenvalue weighted by Gasteiger charge is 2.19. The highest BCUT2D eigenvalue weighted by atomic mass is 16.6. The van der Waals surface area contributed by atoms with Crippen molar-refractivity contribution < 1.29 is 29.2 Å². The molecule has 0 unspecified atom stereocenters. The molecule has 10 nitrogen and oxygen atoms in total. The number of unbranched alkanes of at least 4 members (excludes halogenated alkanes) is 1. The van der Waals surface area contributed by atoms with Gasteiger partial charge < -0.3 is 15.7 Å². The fourth-order valence-electron chi connectivity index (χ4n) is 1.40. The third-order valence-electron chi connectivity index (χ3n) is 2.30. The molecular weight excluding hydrogens is 272 g/mol. The van der Waals surface area contributed by atoms with Crippen LogP contribution in [0.4, 0.5) is 0 Å². The van der Waals surface area contributed by atoms with Gasteiger partial charge in [0, 0.05) is 6.54 Å².